The minimum Gasteiger partial charge on any atom is -0.490 e. The van der Waals surface area contributed by atoms with Gasteiger partial charge in [-0.25, -0.2) is 0 Å². The Morgan fingerprint density at radius 2 is 1.86 bits per heavy atom. The Kier molecular flexibility index (Phi) is 4.63. The van der Waals surface area contributed by atoms with Crippen molar-refractivity contribution in [3.63, 3.8) is 0 Å². The third-order valence-electron chi connectivity index (χ3n) is 5.52. The molecule has 0 bridgehead atoms. The van der Waals surface area contributed by atoms with Crippen LogP contribution >= 0.6 is 15.9 Å². The van der Waals surface area contributed by atoms with Crippen LogP contribution in [0.5, 0.6) is 5.75 Å². The molecular formula is C19H27BrO. The van der Waals surface area contributed by atoms with Crippen molar-refractivity contribution in [2.45, 2.75) is 75.6 Å². The second-order valence-electron chi connectivity index (χ2n) is 7.18. The number of benzene rings is 1. The van der Waals surface area contributed by atoms with E-state index < -0.39 is 0 Å². The van der Waals surface area contributed by atoms with Gasteiger partial charge in [0.1, 0.15) is 11.9 Å². The predicted octanol–water partition coefficient (Wildman–Crippen LogP) is 6.07. The van der Waals surface area contributed by atoms with Gasteiger partial charge in [-0.05, 0) is 42.9 Å². The molecule has 0 aromatic heterocycles. The topological polar surface area (TPSA) is 9.23 Å². The molecule has 2 saturated carbocycles. The molecule has 1 aromatic carbocycles. The van der Waals surface area contributed by atoms with Gasteiger partial charge in [0.25, 0.3) is 0 Å². The van der Waals surface area contributed by atoms with Gasteiger partial charge in [0, 0.05) is 10.2 Å². The lowest BCUT2D eigenvalue weighted by Crippen LogP contribution is -2.56. The van der Waals surface area contributed by atoms with E-state index in [-0.39, 0.29) is 0 Å². The molecule has 1 spiro atoms. The summed E-state index contributed by atoms with van der Waals surface area (Å²) in [6.07, 6.45) is 9.76. The Bertz CT molecular complexity index is 474. The molecule has 116 valence electrons. The van der Waals surface area contributed by atoms with E-state index in [1.165, 1.54) is 44.1 Å². The highest BCUT2D eigenvalue weighted by molar-refractivity contribution is 9.09. The van der Waals surface area contributed by atoms with E-state index in [2.05, 4.69) is 54.0 Å². The first-order valence-electron chi connectivity index (χ1n) is 8.52. The number of halogens is 1. The summed E-state index contributed by atoms with van der Waals surface area (Å²) in [7, 11) is 0. The fraction of sp³-hybridized carbons (Fsp3) is 0.684. The highest BCUT2D eigenvalue weighted by atomic mass is 79.9. The maximum atomic E-state index is 6.43. The Labute approximate surface area is 137 Å². The molecule has 2 aliphatic rings. The molecule has 0 heterocycles. The number of hydrogen-bond donors (Lipinski definition) is 0. The first kappa shape index (κ1) is 15.4. The molecule has 3 rings (SSSR count). The lowest BCUT2D eigenvalue weighted by atomic mass is 9.61. The molecular weight excluding hydrogens is 324 g/mol. The Hall–Kier alpha value is -0.500. The van der Waals surface area contributed by atoms with Crippen molar-refractivity contribution in [1.82, 2.24) is 0 Å². The lowest BCUT2D eigenvalue weighted by molar-refractivity contribution is -0.0462. The third kappa shape index (κ3) is 3.02. The van der Waals surface area contributed by atoms with Crippen LogP contribution < -0.4 is 4.74 Å². The summed E-state index contributed by atoms with van der Waals surface area (Å²) in [6.45, 7) is 4.48. The van der Waals surface area contributed by atoms with Crippen molar-refractivity contribution in [2.75, 3.05) is 0 Å². The second-order valence-corrected chi connectivity index (χ2v) is 8.29. The zero-order chi connectivity index (χ0) is 14.9. The highest BCUT2D eigenvalue weighted by Gasteiger charge is 2.54. The largest absolute Gasteiger partial charge is 0.490 e. The standard InChI is InChI=1S/C19H27BrO/c1-14(2)15-8-7-9-16(12-15)21-18-13-17(20)19(18)10-5-3-4-6-11-19/h7-9,12,14,17-18H,3-6,10-11,13H2,1-2H3. The highest BCUT2D eigenvalue weighted by Crippen LogP contribution is 2.55. The van der Waals surface area contributed by atoms with Crippen LogP contribution in [0.25, 0.3) is 0 Å². The van der Waals surface area contributed by atoms with Crippen LogP contribution in [-0.4, -0.2) is 10.9 Å². The lowest BCUT2D eigenvalue weighted by Gasteiger charge is -2.53. The predicted molar refractivity (Wildman–Crippen MR) is 92.4 cm³/mol. The summed E-state index contributed by atoms with van der Waals surface area (Å²) in [5.41, 5.74) is 1.77. The minimum atomic E-state index is 0.393. The zero-order valence-corrected chi connectivity index (χ0v) is 14.9. The quantitative estimate of drug-likeness (QED) is 0.601. The molecule has 21 heavy (non-hydrogen) atoms. The number of rotatable bonds is 3. The maximum absolute atomic E-state index is 6.43. The van der Waals surface area contributed by atoms with Crippen molar-refractivity contribution in [1.29, 1.82) is 0 Å². The summed E-state index contributed by atoms with van der Waals surface area (Å²) in [5.74, 6) is 1.62. The van der Waals surface area contributed by atoms with Gasteiger partial charge >= 0.3 is 0 Å². The average molecular weight is 351 g/mol. The van der Waals surface area contributed by atoms with Gasteiger partial charge in [-0.15, -0.1) is 0 Å². The third-order valence-corrected chi connectivity index (χ3v) is 6.81. The molecule has 0 N–H and O–H groups in total. The Morgan fingerprint density at radius 3 is 2.48 bits per heavy atom. The SMILES string of the molecule is CC(C)c1cccc(OC2CC(Br)C23CCCCCC3)c1. The molecule has 0 saturated heterocycles. The van der Waals surface area contributed by atoms with Crippen LogP contribution in [0, 0.1) is 5.41 Å². The van der Waals surface area contributed by atoms with Crippen molar-refractivity contribution >= 4 is 15.9 Å². The number of alkyl halides is 1. The molecule has 2 unspecified atom stereocenters. The van der Waals surface area contributed by atoms with Crippen molar-refractivity contribution in [3.8, 4) is 5.75 Å². The van der Waals surface area contributed by atoms with Crippen molar-refractivity contribution < 1.29 is 4.74 Å². The summed E-state index contributed by atoms with van der Waals surface area (Å²) >= 11 is 3.93. The Balaban J connectivity index is 1.74. The molecule has 2 aliphatic carbocycles. The first-order valence-corrected chi connectivity index (χ1v) is 9.44. The summed E-state index contributed by atoms with van der Waals surface area (Å²) in [5, 5.41) is 0. The fourth-order valence-corrected chi connectivity index (χ4v) is 5.09. The van der Waals surface area contributed by atoms with Gasteiger partial charge in [-0.1, -0.05) is 67.6 Å². The molecule has 1 aromatic rings. The van der Waals surface area contributed by atoms with Gasteiger partial charge in [0.05, 0.1) is 0 Å². The van der Waals surface area contributed by atoms with E-state index in [9.17, 15) is 0 Å². The monoisotopic (exact) mass is 350 g/mol. The molecule has 1 nitrogen and oxygen atoms in total. The zero-order valence-electron chi connectivity index (χ0n) is 13.3. The first-order chi connectivity index (χ1) is 10.1. The fourth-order valence-electron chi connectivity index (χ4n) is 4.00. The van der Waals surface area contributed by atoms with Gasteiger partial charge in [-0.2, -0.15) is 0 Å². The number of hydrogen-bond acceptors (Lipinski definition) is 1. The summed E-state index contributed by atoms with van der Waals surface area (Å²) in [4.78, 5) is 0.654. The smallest absolute Gasteiger partial charge is 0.120 e. The van der Waals surface area contributed by atoms with Crippen LogP contribution in [0.3, 0.4) is 0 Å². The molecule has 2 fully saturated rings. The van der Waals surface area contributed by atoms with E-state index in [4.69, 9.17) is 4.74 Å². The van der Waals surface area contributed by atoms with E-state index in [0.29, 0.717) is 22.3 Å². The van der Waals surface area contributed by atoms with Crippen molar-refractivity contribution in [3.05, 3.63) is 29.8 Å². The minimum absolute atomic E-state index is 0.393. The molecule has 0 amide bonds. The molecule has 0 aliphatic heterocycles. The summed E-state index contributed by atoms with van der Waals surface area (Å²) in [6, 6.07) is 8.69. The van der Waals surface area contributed by atoms with Gasteiger partial charge in [0.15, 0.2) is 0 Å². The van der Waals surface area contributed by atoms with Crippen LogP contribution in [0.4, 0.5) is 0 Å². The maximum Gasteiger partial charge on any atom is 0.120 e. The summed E-state index contributed by atoms with van der Waals surface area (Å²) < 4.78 is 6.43. The van der Waals surface area contributed by atoms with Crippen LogP contribution in [0.2, 0.25) is 0 Å². The van der Waals surface area contributed by atoms with Crippen LogP contribution in [-0.2, 0) is 0 Å². The van der Waals surface area contributed by atoms with Crippen LogP contribution in [0.15, 0.2) is 24.3 Å². The van der Waals surface area contributed by atoms with E-state index >= 15 is 0 Å². The van der Waals surface area contributed by atoms with Gasteiger partial charge in [0.2, 0.25) is 0 Å². The van der Waals surface area contributed by atoms with Gasteiger partial charge < -0.3 is 4.74 Å². The normalized spacial score (nSPS) is 28.2. The molecule has 2 atom stereocenters. The molecule has 0 radical (unpaired) electrons. The van der Waals surface area contributed by atoms with E-state index in [1.54, 1.807) is 0 Å². The molecule has 2 heteroatoms. The van der Waals surface area contributed by atoms with Gasteiger partial charge in [-0.3, -0.25) is 0 Å². The number of ether oxygens (including phenoxy) is 1. The van der Waals surface area contributed by atoms with E-state index in [0.717, 1.165) is 12.2 Å². The average Bonchev–Trinajstić information content (AvgIpc) is 2.75. The second kappa shape index (κ2) is 6.32. The van der Waals surface area contributed by atoms with E-state index in [1.807, 2.05) is 0 Å². The Morgan fingerprint density at radius 1 is 1.14 bits per heavy atom. The van der Waals surface area contributed by atoms with Crippen molar-refractivity contribution in [2.24, 2.45) is 5.41 Å². The van der Waals surface area contributed by atoms with Crippen LogP contribution in [0.1, 0.15) is 70.3 Å².